The van der Waals surface area contributed by atoms with Crippen molar-refractivity contribution in [3.8, 4) is 0 Å². The molecule has 1 aliphatic rings. The van der Waals surface area contributed by atoms with Gasteiger partial charge in [-0.05, 0) is 37.3 Å². The van der Waals surface area contributed by atoms with Crippen LogP contribution in [-0.2, 0) is 9.59 Å². The van der Waals surface area contributed by atoms with Gasteiger partial charge in [0.2, 0.25) is 17.7 Å². The summed E-state index contributed by atoms with van der Waals surface area (Å²) in [4.78, 5) is 63.5. The first-order valence-electron chi connectivity index (χ1n) is 14.3. The summed E-state index contributed by atoms with van der Waals surface area (Å²) in [5.74, 6) is -1.33. The monoisotopic (exact) mass is 606 g/mol. The maximum Gasteiger partial charge on any atom is 0.273 e. The van der Waals surface area contributed by atoms with E-state index >= 15 is 0 Å². The lowest BCUT2D eigenvalue weighted by Gasteiger charge is -2.27. The Morgan fingerprint density at radius 3 is 2.37 bits per heavy atom. The van der Waals surface area contributed by atoms with E-state index in [1.807, 2.05) is 58.0 Å². The third-order valence-electron chi connectivity index (χ3n) is 6.99. The molecule has 0 radical (unpaired) electrons. The molecule has 1 aliphatic heterocycles. The molecule has 3 atom stereocenters. The maximum atomic E-state index is 13.3. The number of carbonyl (C=O) groups is 4. The predicted octanol–water partition coefficient (Wildman–Crippen LogP) is 4.05. The second-order valence-corrected chi connectivity index (χ2v) is 12.2. The zero-order valence-corrected chi connectivity index (χ0v) is 26.0. The minimum atomic E-state index is -0.612. The quantitative estimate of drug-likeness (QED) is 0.380. The van der Waals surface area contributed by atoms with Gasteiger partial charge in [0.05, 0.1) is 12.6 Å². The fraction of sp³-hybridized carbons (Fsp3) is 0.419. The zero-order chi connectivity index (χ0) is 31.3. The number of fused-ring (bicyclic) bond motifs is 4. The van der Waals surface area contributed by atoms with Crippen LogP contribution in [0.2, 0.25) is 0 Å². The van der Waals surface area contributed by atoms with Crippen molar-refractivity contribution in [2.24, 2.45) is 11.8 Å². The standard InChI is InChI=1S/C31H38N6O5S/c1-17(2)25-30-36-27(20(6)42-30)29(41)32-19(5)14-37(24(39)13-12-21-10-8-7-9-11-21)15-23(38)34-26(18(3)4)31-33-22(16-43-31)28(40)35-25/h7-13,16-19,25-26H,14-15H2,1-6H3,(H,32,41)(H,34,38)(H,35,40)/t19-,25-,26+/m1/s1. The van der Waals surface area contributed by atoms with Crippen LogP contribution in [0.1, 0.15) is 89.9 Å². The summed E-state index contributed by atoms with van der Waals surface area (Å²) in [7, 11) is 0. The van der Waals surface area contributed by atoms with Crippen molar-refractivity contribution >= 4 is 41.0 Å². The van der Waals surface area contributed by atoms with Crippen LogP contribution in [0.5, 0.6) is 0 Å². The number of aryl methyl sites for hydroxylation is 1. The molecule has 3 N–H and O–H groups in total. The molecule has 4 bridgehead atoms. The van der Waals surface area contributed by atoms with Crippen molar-refractivity contribution in [1.82, 2.24) is 30.8 Å². The first kappa shape index (κ1) is 31.6. The van der Waals surface area contributed by atoms with Gasteiger partial charge in [-0.25, -0.2) is 9.97 Å². The highest BCUT2D eigenvalue weighted by molar-refractivity contribution is 7.09. The van der Waals surface area contributed by atoms with E-state index in [9.17, 15) is 19.2 Å². The Bertz CT molecular complexity index is 1500. The van der Waals surface area contributed by atoms with E-state index in [2.05, 4.69) is 25.9 Å². The summed E-state index contributed by atoms with van der Waals surface area (Å²) in [6.07, 6.45) is 3.09. The van der Waals surface area contributed by atoms with Gasteiger partial charge < -0.3 is 25.3 Å². The highest BCUT2D eigenvalue weighted by atomic mass is 32.1. The van der Waals surface area contributed by atoms with Gasteiger partial charge in [0.1, 0.15) is 22.5 Å². The van der Waals surface area contributed by atoms with Crippen LogP contribution in [-0.4, -0.2) is 57.6 Å². The van der Waals surface area contributed by atoms with E-state index in [0.29, 0.717) is 10.8 Å². The van der Waals surface area contributed by atoms with E-state index in [0.717, 1.165) is 5.56 Å². The molecule has 12 heteroatoms. The van der Waals surface area contributed by atoms with Crippen molar-refractivity contribution in [3.63, 3.8) is 0 Å². The zero-order valence-electron chi connectivity index (χ0n) is 25.2. The summed E-state index contributed by atoms with van der Waals surface area (Å²) in [5, 5.41) is 11.0. The molecule has 1 aromatic carbocycles. The van der Waals surface area contributed by atoms with Crippen LogP contribution in [0.3, 0.4) is 0 Å². The lowest BCUT2D eigenvalue weighted by Crippen LogP contribution is -2.48. The predicted molar refractivity (Wildman–Crippen MR) is 163 cm³/mol. The van der Waals surface area contributed by atoms with Gasteiger partial charge in [-0.3, -0.25) is 19.2 Å². The molecule has 43 heavy (non-hydrogen) atoms. The summed E-state index contributed by atoms with van der Waals surface area (Å²) in [6.45, 7) is 10.9. The van der Waals surface area contributed by atoms with Crippen molar-refractivity contribution in [1.29, 1.82) is 0 Å². The molecule has 11 nitrogen and oxygen atoms in total. The van der Waals surface area contributed by atoms with E-state index in [1.54, 1.807) is 25.3 Å². The molecule has 4 amide bonds. The number of benzene rings is 1. The van der Waals surface area contributed by atoms with Crippen molar-refractivity contribution in [2.45, 2.75) is 59.7 Å². The van der Waals surface area contributed by atoms with E-state index < -0.39 is 35.8 Å². The number of amides is 4. The summed E-state index contributed by atoms with van der Waals surface area (Å²) in [6, 6.07) is 7.73. The molecule has 4 rings (SSSR count). The van der Waals surface area contributed by atoms with Crippen LogP contribution in [0.15, 0.2) is 46.2 Å². The third-order valence-corrected chi connectivity index (χ3v) is 7.91. The molecule has 3 aromatic rings. The van der Waals surface area contributed by atoms with Crippen LogP contribution in [0.4, 0.5) is 0 Å². The summed E-state index contributed by atoms with van der Waals surface area (Å²) < 4.78 is 5.86. The number of rotatable bonds is 4. The average molecular weight is 607 g/mol. The van der Waals surface area contributed by atoms with Gasteiger partial charge in [0.25, 0.3) is 11.8 Å². The van der Waals surface area contributed by atoms with Crippen LogP contribution in [0.25, 0.3) is 6.08 Å². The van der Waals surface area contributed by atoms with E-state index in [-0.39, 0.29) is 48.1 Å². The normalized spacial score (nSPS) is 20.5. The average Bonchev–Trinajstić information content (AvgIpc) is 3.59. The van der Waals surface area contributed by atoms with Crippen molar-refractivity contribution in [3.05, 3.63) is 75.4 Å². The maximum absolute atomic E-state index is 13.3. The number of aromatic nitrogens is 2. The van der Waals surface area contributed by atoms with Gasteiger partial charge >= 0.3 is 0 Å². The van der Waals surface area contributed by atoms with Gasteiger partial charge in [0.15, 0.2) is 5.69 Å². The minimum Gasteiger partial charge on any atom is -0.443 e. The van der Waals surface area contributed by atoms with E-state index in [1.165, 1.54) is 22.3 Å². The largest absolute Gasteiger partial charge is 0.443 e. The molecule has 0 saturated heterocycles. The lowest BCUT2D eigenvalue weighted by atomic mass is 10.0. The van der Waals surface area contributed by atoms with Crippen molar-refractivity contribution < 1.29 is 23.6 Å². The number of thiazole rings is 1. The first-order chi connectivity index (χ1) is 20.4. The highest BCUT2D eigenvalue weighted by Crippen LogP contribution is 2.27. The Kier molecular flexibility index (Phi) is 10.1. The van der Waals surface area contributed by atoms with Crippen LogP contribution >= 0.6 is 11.3 Å². The Hall–Kier alpha value is -4.32. The van der Waals surface area contributed by atoms with Crippen LogP contribution < -0.4 is 16.0 Å². The SMILES string of the molecule is Cc1oc2nc1C(=O)N[C@H](C)CN(C(=O)C=Cc1ccccc1)CC(=O)N[C@@H](C(C)C)c1nc(cs1)C(=O)N[C@@H]2C(C)C. The summed E-state index contributed by atoms with van der Waals surface area (Å²) in [5.41, 5.74) is 1.12. The Morgan fingerprint density at radius 1 is 1.00 bits per heavy atom. The number of hydrogen-bond donors (Lipinski definition) is 3. The first-order valence-corrected chi connectivity index (χ1v) is 15.2. The van der Waals surface area contributed by atoms with E-state index in [4.69, 9.17) is 4.42 Å². The van der Waals surface area contributed by atoms with Gasteiger partial charge in [0, 0.05) is 24.0 Å². The molecule has 0 aliphatic carbocycles. The lowest BCUT2D eigenvalue weighted by molar-refractivity contribution is -0.133. The molecular formula is C31H38N6O5S. The highest BCUT2D eigenvalue weighted by Gasteiger charge is 2.30. The second kappa shape index (κ2) is 13.8. The number of nitrogens with one attached hydrogen (secondary N) is 3. The topological polar surface area (TPSA) is 147 Å². The molecule has 0 spiro atoms. The number of hydrogen-bond acceptors (Lipinski definition) is 8. The fourth-order valence-electron chi connectivity index (χ4n) is 4.67. The van der Waals surface area contributed by atoms with Gasteiger partial charge in [-0.15, -0.1) is 11.3 Å². The molecular weight excluding hydrogens is 568 g/mol. The third kappa shape index (κ3) is 7.95. The summed E-state index contributed by atoms with van der Waals surface area (Å²) >= 11 is 1.27. The molecule has 0 fully saturated rings. The molecule has 3 heterocycles. The Labute approximate surface area is 255 Å². The molecule has 2 aromatic heterocycles. The molecule has 228 valence electrons. The molecule has 0 unspecified atom stereocenters. The molecule has 0 saturated carbocycles. The number of nitrogens with zero attached hydrogens (tertiary/aromatic N) is 3. The van der Waals surface area contributed by atoms with Gasteiger partial charge in [-0.2, -0.15) is 0 Å². The fourth-order valence-corrected chi connectivity index (χ4v) is 5.69. The smallest absolute Gasteiger partial charge is 0.273 e. The van der Waals surface area contributed by atoms with Gasteiger partial charge in [-0.1, -0.05) is 58.0 Å². The number of carbonyl (C=O) groups excluding carboxylic acids is 4. The number of oxazole rings is 1. The Morgan fingerprint density at radius 2 is 1.70 bits per heavy atom. The minimum absolute atomic E-state index is 0.0472. The Balaban J connectivity index is 1.70. The van der Waals surface area contributed by atoms with Crippen LogP contribution in [0, 0.1) is 18.8 Å². The van der Waals surface area contributed by atoms with Crippen molar-refractivity contribution in [2.75, 3.05) is 13.1 Å². The second-order valence-electron chi connectivity index (χ2n) is 11.3.